The summed E-state index contributed by atoms with van der Waals surface area (Å²) in [6.45, 7) is 1.99. The minimum absolute atomic E-state index is 0.292. The molecular formula is C11H23NO2S. The van der Waals surface area contributed by atoms with E-state index in [1.165, 1.54) is 12.8 Å². The molecule has 1 aliphatic carbocycles. The van der Waals surface area contributed by atoms with Gasteiger partial charge in [0.25, 0.3) is 0 Å². The summed E-state index contributed by atoms with van der Waals surface area (Å²) < 4.78 is 0. The molecule has 1 rings (SSSR count). The molecule has 3 nitrogen and oxygen atoms in total. The van der Waals surface area contributed by atoms with Crippen LogP contribution in [0.25, 0.3) is 0 Å². The number of aliphatic hydroxyl groups is 2. The maximum absolute atomic E-state index is 10.0. The maximum Gasteiger partial charge on any atom is 0.0771 e. The van der Waals surface area contributed by atoms with Crippen molar-refractivity contribution in [1.29, 1.82) is 0 Å². The highest BCUT2D eigenvalue weighted by atomic mass is 32.2. The second-order valence-corrected chi connectivity index (χ2v) is 5.52. The van der Waals surface area contributed by atoms with E-state index in [1.807, 2.05) is 11.8 Å². The summed E-state index contributed by atoms with van der Waals surface area (Å²) in [6, 6.07) is 0. The average Bonchev–Trinajstić information content (AvgIpc) is 2.64. The third-order valence-electron chi connectivity index (χ3n) is 2.86. The lowest BCUT2D eigenvalue weighted by atomic mass is 10.0. The molecule has 0 unspecified atom stereocenters. The molecule has 15 heavy (non-hydrogen) atoms. The standard InChI is InChI=1S/C11H23NO2S/c13-7-3-8-15-9-6-12-10-11(14)4-1-2-5-11/h12-14H,1-10H2. The number of rotatable bonds is 8. The first-order chi connectivity index (χ1) is 7.27. The topological polar surface area (TPSA) is 52.5 Å². The van der Waals surface area contributed by atoms with Gasteiger partial charge in [0.15, 0.2) is 0 Å². The van der Waals surface area contributed by atoms with Crippen LogP contribution in [-0.4, -0.2) is 47.0 Å². The molecule has 0 aliphatic heterocycles. The van der Waals surface area contributed by atoms with Crippen molar-refractivity contribution < 1.29 is 10.2 Å². The highest BCUT2D eigenvalue weighted by Crippen LogP contribution is 2.28. The third-order valence-corrected chi connectivity index (χ3v) is 3.93. The van der Waals surface area contributed by atoms with Crippen molar-refractivity contribution in [1.82, 2.24) is 5.32 Å². The van der Waals surface area contributed by atoms with E-state index >= 15 is 0 Å². The molecule has 90 valence electrons. The molecule has 0 aromatic heterocycles. The van der Waals surface area contributed by atoms with Gasteiger partial charge in [0.05, 0.1) is 5.60 Å². The van der Waals surface area contributed by atoms with Gasteiger partial charge in [0.2, 0.25) is 0 Å². The van der Waals surface area contributed by atoms with Crippen LogP contribution in [0.4, 0.5) is 0 Å². The van der Waals surface area contributed by atoms with Gasteiger partial charge in [-0.3, -0.25) is 0 Å². The summed E-state index contributed by atoms with van der Waals surface area (Å²) in [5, 5.41) is 21.9. The van der Waals surface area contributed by atoms with Crippen LogP contribution in [0.3, 0.4) is 0 Å². The molecule has 0 saturated heterocycles. The van der Waals surface area contributed by atoms with E-state index in [0.29, 0.717) is 6.61 Å². The quantitative estimate of drug-likeness (QED) is 0.547. The highest BCUT2D eigenvalue weighted by Gasteiger charge is 2.30. The molecule has 1 fully saturated rings. The average molecular weight is 233 g/mol. The molecule has 1 aliphatic rings. The molecule has 0 heterocycles. The van der Waals surface area contributed by atoms with Gasteiger partial charge in [0, 0.05) is 25.4 Å². The molecule has 0 amide bonds. The Bertz CT molecular complexity index is 161. The lowest BCUT2D eigenvalue weighted by Gasteiger charge is -2.22. The van der Waals surface area contributed by atoms with Crippen molar-refractivity contribution in [2.45, 2.75) is 37.7 Å². The Morgan fingerprint density at radius 3 is 2.60 bits per heavy atom. The van der Waals surface area contributed by atoms with Crippen LogP contribution in [0.15, 0.2) is 0 Å². The van der Waals surface area contributed by atoms with Crippen molar-refractivity contribution >= 4 is 11.8 Å². The zero-order chi connectivity index (χ0) is 11.0. The van der Waals surface area contributed by atoms with E-state index in [1.54, 1.807) is 0 Å². The Balaban J connectivity index is 1.88. The van der Waals surface area contributed by atoms with Crippen molar-refractivity contribution in [2.24, 2.45) is 0 Å². The number of hydrogen-bond donors (Lipinski definition) is 3. The number of aliphatic hydroxyl groups excluding tert-OH is 1. The van der Waals surface area contributed by atoms with Gasteiger partial charge < -0.3 is 15.5 Å². The van der Waals surface area contributed by atoms with Gasteiger partial charge in [-0.25, -0.2) is 0 Å². The Morgan fingerprint density at radius 1 is 1.20 bits per heavy atom. The van der Waals surface area contributed by atoms with Crippen molar-refractivity contribution in [3.63, 3.8) is 0 Å². The fourth-order valence-corrected chi connectivity index (χ4v) is 2.77. The molecule has 0 aromatic rings. The zero-order valence-electron chi connectivity index (χ0n) is 9.37. The minimum atomic E-state index is -0.421. The molecule has 0 aromatic carbocycles. The van der Waals surface area contributed by atoms with Crippen LogP contribution in [0.2, 0.25) is 0 Å². The molecule has 0 radical (unpaired) electrons. The molecule has 4 heteroatoms. The molecule has 0 bridgehead atoms. The fourth-order valence-electron chi connectivity index (χ4n) is 1.94. The first-order valence-electron chi connectivity index (χ1n) is 5.88. The zero-order valence-corrected chi connectivity index (χ0v) is 10.2. The Labute approximate surface area is 96.6 Å². The molecule has 3 N–H and O–H groups in total. The normalized spacial score (nSPS) is 19.6. The predicted molar refractivity (Wildman–Crippen MR) is 65.3 cm³/mol. The summed E-state index contributed by atoms with van der Waals surface area (Å²) in [4.78, 5) is 0. The summed E-state index contributed by atoms with van der Waals surface area (Å²) in [6.07, 6.45) is 5.14. The molecule has 0 atom stereocenters. The summed E-state index contributed by atoms with van der Waals surface area (Å²) in [7, 11) is 0. The predicted octanol–water partition coefficient (Wildman–Crippen LogP) is 0.997. The summed E-state index contributed by atoms with van der Waals surface area (Å²) in [5.41, 5.74) is -0.421. The van der Waals surface area contributed by atoms with Crippen LogP contribution in [-0.2, 0) is 0 Å². The fraction of sp³-hybridized carbons (Fsp3) is 1.00. The third kappa shape index (κ3) is 5.76. The van der Waals surface area contributed by atoms with Crippen LogP contribution < -0.4 is 5.32 Å². The van der Waals surface area contributed by atoms with Gasteiger partial charge >= 0.3 is 0 Å². The summed E-state index contributed by atoms with van der Waals surface area (Å²) >= 11 is 1.86. The van der Waals surface area contributed by atoms with Gasteiger partial charge in [-0.05, 0) is 25.0 Å². The van der Waals surface area contributed by atoms with Gasteiger partial charge in [-0.2, -0.15) is 11.8 Å². The van der Waals surface area contributed by atoms with Crippen LogP contribution in [0.1, 0.15) is 32.1 Å². The lowest BCUT2D eigenvalue weighted by molar-refractivity contribution is 0.0484. The number of hydrogen-bond acceptors (Lipinski definition) is 4. The van der Waals surface area contributed by atoms with E-state index in [-0.39, 0.29) is 0 Å². The molecule has 0 spiro atoms. The van der Waals surface area contributed by atoms with E-state index in [9.17, 15) is 5.11 Å². The lowest BCUT2D eigenvalue weighted by Crippen LogP contribution is -2.38. The Morgan fingerprint density at radius 2 is 1.93 bits per heavy atom. The molecule has 1 saturated carbocycles. The highest BCUT2D eigenvalue weighted by molar-refractivity contribution is 7.99. The minimum Gasteiger partial charge on any atom is -0.396 e. The first kappa shape index (κ1) is 13.3. The smallest absolute Gasteiger partial charge is 0.0771 e. The monoisotopic (exact) mass is 233 g/mol. The number of nitrogens with one attached hydrogen (secondary N) is 1. The van der Waals surface area contributed by atoms with E-state index in [2.05, 4.69) is 5.32 Å². The second-order valence-electron chi connectivity index (χ2n) is 4.30. The van der Waals surface area contributed by atoms with Gasteiger partial charge in [0.1, 0.15) is 0 Å². The van der Waals surface area contributed by atoms with Crippen molar-refractivity contribution in [3.8, 4) is 0 Å². The number of thioether (sulfide) groups is 1. The van der Waals surface area contributed by atoms with E-state index in [4.69, 9.17) is 5.11 Å². The van der Waals surface area contributed by atoms with Crippen LogP contribution in [0.5, 0.6) is 0 Å². The van der Waals surface area contributed by atoms with Gasteiger partial charge in [-0.1, -0.05) is 12.8 Å². The SMILES string of the molecule is OCCCSCCNCC1(O)CCCC1. The van der Waals surface area contributed by atoms with Crippen molar-refractivity contribution in [2.75, 3.05) is 31.2 Å². The first-order valence-corrected chi connectivity index (χ1v) is 7.04. The Hall–Kier alpha value is 0.230. The molecular weight excluding hydrogens is 210 g/mol. The van der Waals surface area contributed by atoms with E-state index < -0.39 is 5.60 Å². The van der Waals surface area contributed by atoms with Crippen molar-refractivity contribution in [3.05, 3.63) is 0 Å². The maximum atomic E-state index is 10.0. The second kappa shape index (κ2) is 7.49. The largest absolute Gasteiger partial charge is 0.396 e. The van der Waals surface area contributed by atoms with Gasteiger partial charge in [-0.15, -0.1) is 0 Å². The van der Waals surface area contributed by atoms with Crippen LogP contribution >= 0.6 is 11.8 Å². The van der Waals surface area contributed by atoms with Crippen LogP contribution in [0, 0.1) is 0 Å². The van der Waals surface area contributed by atoms with E-state index in [0.717, 1.165) is 43.9 Å². The summed E-state index contributed by atoms with van der Waals surface area (Å²) in [5.74, 6) is 2.10. The Kier molecular flexibility index (Phi) is 6.64.